The van der Waals surface area contributed by atoms with E-state index in [1.807, 2.05) is 18.2 Å². The molecule has 0 spiro atoms. The van der Waals surface area contributed by atoms with Crippen LogP contribution in [-0.4, -0.2) is 22.2 Å². The number of para-hydroxylation sites is 1. The van der Waals surface area contributed by atoms with Crippen molar-refractivity contribution in [3.8, 4) is 5.75 Å². The summed E-state index contributed by atoms with van der Waals surface area (Å²) in [5.41, 5.74) is 4.10. The third-order valence-corrected chi connectivity index (χ3v) is 2.77. The van der Waals surface area contributed by atoms with Crippen molar-refractivity contribution >= 4 is 12.1 Å². The van der Waals surface area contributed by atoms with Crippen LogP contribution in [0.4, 0.5) is 0 Å². The highest BCUT2D eigenvalue weighted by Gasteiger charge is 2.11. The van der Waals surface area contributed by atoms with Gasteiger partial charge >= 0.3 is 0 Å². The van der Waals surface area contributed by atoms with Gasteiger partial charge in [0.15, 0.2) is 0 Å². The van der Waals surface area contributed by atoms with E-state index in [0.717, 1.165) is 5.69 Å². The number of amides is 1. The molecule has 5 nitrogen and oxygen atoms in total. The van der Waals surface area contributed by atoms with Gasteiger partial charge in [0.25, 0.3) is 5.91 Å². The molecule has 0 unspecified atom stereocenters. The molecule has 2 rings (SSSR count). The third kappa shape index (κ3) is 3.41. The van der Waals surface area contributed by atoms with Gasteiger partial charge in [-0.2, -0.15) is 5.10 Å². The van der Waals surface area contributed by atoms with Gasteiger partial charge in [0.2, 0.25) is 0 Å². The number of phenols is 1. The normalized spacial score (nSPS) is 10.7. The maximum absolute atomic E-state index is 11.8. The van der Waals surface area contributed by atoms with Gasteiger partial charge in [0.1, 0.15) is 5.75 Å². The first kappa shape index (κ1) is 13.7. The number of pyridine rings is 1. The number of hydrazone groups is 1. The monoisotopic (exact) mass is 269 g/mol. The molecule has 2 N–H and O–H groups in total. The van der Waals surface area contributed by atoms with E-state index in [-0.39, 0.29) is 11.3 Å². The van der Waals surface area contributed by atoms with Crippen molar-refractivity contribution < 1.29 is 9.90 Å². The zero-order chi connectivity index (χ0) is 14.4. The summed E-state index contributed by atoms with van der Waals surface area (Å²) < 4.78 is 0. The van der Waals surface area contributed by atoms with E-state index in [0.29, 0.717) is 12.0 Å². The molecule has 0 atom stereocenters. The van der Waals surface area contributed by atoms with E-state index < -0.39 is 5.91 Å². The summed E-state index contributed by atoms with van der Waals surface area (Å²) in [7, 11) is 0. The summed E-state index contributed by atoms with van der Waals surface area (Å²) in [5, 5.41) is 13.6. The van der Waals surface area contributed by atoms with Crippen molar-refractivity contribution in [1.29, 1.82) is 0 Å². The zero-order valence-corrected chi connectivity index (χ0v) is 11.1. The minimum atomic E-state index is -0.441. The lowest BCUT2D eigenvalue weighted by Crippen LogP contribution is -2.18. The molecule has 0 bridgehead atoms. The number of hydrogen-bond donors (Lipinski definition) is 2. The number of hydrogen-bond acceptors (Lipinski definition) is 4. The number of aromatic hydroxyl groups is 1. The number of aromatic nitrogens is 1. The van der Waals surface area contributed by atoms with E-state index in [2.05, 4.69) is 15.5 Å². The summed E-state index contributed by atoms with van der Waals surface area (Å²) in [6, 6.07) is 10.6. The fourth-order valence-electron chi connectivity index (χ4n) is 1.66. The molecule has 0 aliphatic carbocycles. The van der Waals surface area contributed by atoms with E-state index in [1.54, 1.807) is 37.5 Å². The molecule has 2 aromatic rings. The highest BCUT2D eigenvalue weighted by Crippen LogP contribution is 2.20. The number of nitrogens with zero attached hydrogens (tertiary/aromatic N) is 2. The molecule has 0 aliphatic heterocycles. The molecule has 0 fully saturated rings. The van der Waals surface area contributed by atoms with Gasteiger partial charge in [0.05, 0.1) is 5.56 Å². The lowest BCUT2D eigenvalue weighted by Gasteiger charge is -2.04. The summed E-state index contributed by atoms with van der Waals surface area (Å²) >= 11 is 0. The van der Waals surface area contributed by atoms with Crippen LogP contribution in [-0.2, 0) is 6.42 Å². The smallest absolute Gasteiger partial charge is 0.275 e. The van der Waals surface area contributed by atoms with Crippen molar-refractivity contribution in [3.63, 3.8) is 0 Å². The first-order valence-electron chi connectivity index (χ1n) is 6.19. The Kier molecular flexibility index (Phi) is 4.44. The van der Waals surface area contributed by atoms with Gasteiger partial charge in [-0.25, -0.2) is 5.43 Å². The Morgan fingerprint density at radius 2 is 2.20 bits per heavy atom. The first-order valence-corrected chi connectivity index (χ1v) is 6.19. The maximum Gasteiger partial charge on any atom is 0.275 e. The molecule has 0 saturated carbocycles. The van der Waals surface area contributed by atoms with Crippen LogP contribution < -0.4 is 5.43 Å². The van der Waals surface area contributed by atoms with Crippen LogP contribution in [0.2, 0.25) is 0 Å². The van der Waals surface area contributed by atoms with Gasteiger partial charge in [-0.15, -0.1) is 0 Å². The Labute approximate surface area is 117 Å². The molecule has 1 aromatic heterocycles. The Balaban J connectivity index is 1.94. The van der Waals surface area contributed by atoms with Gasteiger partial charge < -0.3 is 5.11 Å². The Morgan fingerprint density at radius 3 is 2.95 bits per heavy atom. The largest absolute Gasteiger partial charge is 0.507 e. The maximum atomic E-state index is 11.8. The summed E-state index contributed by atoms with van der Waals surface area (Å²) in [5.74, 6) is -0.464. The van der Waals surface area contributed by atoms with Crippen molar-refractivity contribution in [1.82, 2.24) is 10.4 Å². The average molecular weight is 269 g/mol. The molecular weight excluding hydrogens is 254 g/mol. The molecule has 0 radical (unpaired) electrons. The number of carbonyl (C=O) groups excluding carboxylic acids is 1. The Morgan fingerprint density at radius 1 is 1.35 bits per heavy atom. The zero-order valence-electron chi connectivity index (χ0n) is 11.1. The Hall–Kier alpha value is -2.69. The number of carbonyl (C=O) groups is 1. The number of benzene rings is 1. The lowest BCUT2D eigenvalue weighted by molar-refractivity contribution is 0.0952. The minimum absolute atomic E-state index is 0.0232. The molecular formula is C15H15N3O2. The van der Waals surface area contributed by atoms with Crippen LogP contribution in [0.3, 0.4) is 0 Å². The van der Waals surface area contributed by atoms with Crippen LogP contribution in [0.1, 0.15) is 21.6 Å². The molecule has 102 valence electrons. The van der Waals surface area contributed by atoms with Crippen molar-refractivity contribution in [2.75, 3.05) is 0 Å². The molecule has 0 aliphatic rings. The van der Waals surface area contributed by atoms with Gasteiger partial charge in [-0.05, 0) is 30.7 Å². The molecule has 1 amide bonds. The molecule has 1 aromatic carbocycles. The van der Waals surface area contributed by atoms with Crippen LogP contribution >= 0.6 is 0 Å². The average Bonchev–Trinajstić information content (AvgIpc) is 2.47. The van der Waals surface area contributed by atoms with Crippen molar-refractivity contribution in [3.05, 3.63) is 59.4 Å². The van der Waals surface area contributed by atoms with Gasteiger partial charge in [-0.1, -0.05) is 18.2 Å². The van der Waals surface area contributed by atoms with E-state index >= 15 is 0 Å². The van der Waals surface area contributed by atoms with Gasteiger partial charge in [-0.3, -0.25) is 9.78 Å². The van der Waals surface area contributed by atoms with E-state index in [9.17, 15) is 9.90 Å². The van der Waals surface area contributed by atoms with Crippen LogP contribution in [0.5, 0.6) is 5.75 Å². The molecule has 5 heteroatoms. The standard InChI is InChI=1S/C15H15N3O2/c1-11-5-4-7-13(14(11)19)15(20)18-17-10-8-12-6-2-3-9-16-12/h2-7,9-10,19H,8H2,1H3,(H,18,20). The number of aryl methyl sites for hydroxylation is 1. The SMILES string of the molecule is Cc1cccc(C(=O)NN=CCc2ccccn2)c1O. The summed E-state index contributed by atoms with van der Waals surface area (Å²) in [6.45, 7) is 1.73. The second kappa shape index (κ2) is 6.47. The van der Waals surface area contributed by atoms with Crippen LogP contribution in [0.25, 0.3) is 0 Å². The highest BCUT2D eigenvalue weighted by atomic mass is 16.3. The molecule has 1 heterocycles. The van der Waals surface area contributed by atoms with Crippen molar-refractivity contribution in [2.24, 2.45) is 5.10 Å². The lowest BCUT2D eigenvalue weighted by atomic mass is 10.1. The fraction of sp³-hybridized carbons (Fsp3) is 0.133. The first-order chi connectivity index (χ1) is 9.68. The number of rotatable bonds is 4. The predicted octanol–water partition coefficient (Wildman–Crippen LogP) is 2.05. The molecule has 0 saturated heterocycles. The van der Waals surface area contributed by atoms with Crippen molar-refractivity contribution in [2.45, 2.75) is 13.3 Å². The van der Waals surface area contributed by atoms with Crippen LogP contribution in [0.15, 0.2) is 47.7 Å². The predicted molar refractivity (Wildman–Crippen MR) is 76.7 cm³/mol. The fourth-order valence-corrected chi connectivity index (χ4v) is 1.66. The van der Waals surface area contributed by atoms with E-state index in [1.165, 1.54) is 0 Å². The quantitative estimate of drug-likeness (QED) is 0.659. The van der Waals surface area contributed by atoms with E-state index in [4.69, 9.17) is 0 Å². The highest BCUT2D eigenvalue weighted by molar-refractivity contribution is 5.97. The molecule has 20 heavy (non-hydrogen) atoms. The van der Waals surface area contributed by atoms with Crippen LogP contribution in [0, 0.1) is 6.92 Å². The number of phenolic OH excluding ortho intramolecular Hbond substituents is 1. The summed E-state index contributed by atoms with van der Waals surface area (Å²) in [6.07, 6.45) is 3.79. The Bertz CT molecular complexity index is 624. The summed E-state index contributed by atoms with van der Waals surface area (Å²) in [4.78, 5) is 16.0. The second-order valence-corrected chi connectivity index (χ2v) is 4.25. The van der Waals surface area contributed by atoms with Gasteiger partial charge in [0, 0.05) is 24.5 Å². The second-order valence-electron chi connectivity index (χ2n) is 4.25. The topological polar surface area (TPSA) is 74.6 Å². The third-order valence-electron chi connectivity index (χ3n) is 2.77. The number of nitrogens with one attached hydrogen (secondary N) is 1. The minimum Gasteiger partial charge on any atom is -0.507 e.